The molecule has 1 aliphatic heterocycles. The fourth-order valence-electron chi connectivity index (χ4n) is 3.70. The SMILES string of the molecule is C=CCC(NC(=O)C1(N)C2CCCOC2C1(C)C)C(=O)O. The smallest absolute Gasteiger partial charge is 0.326 e. The molecule has 0 spiro atoms. The van der Waals surface area contributed by atoms with Gasteiger partial charge in [0.1, 0.15) is 11.6 Å². The van der Waals surface area contributed by atoms with E-state index in [9.17, 15) is 9.59 Å². The van der Waals surface area contributed by atoms with Crippen molar-refractivity contribution in [1.82, 2.24) is 5.32 Å². The number of ether oxygens (including phenoxy) is 1. The molecule has 2 aliphatic rings. The highest BCUT2D eigenvalue weighted by molar-refractivity contribution is 5.92. The molecule has 0 bridgehead atoms. The Balaban J connectivity index is 2.16. The van der Waals surface area contributed by atoms with Crippen LogP contribution >= 0.6 is 0 Å². The molecular formula is C15H24N2O4. The molecule has 1 saturated heterocycles. The minimum atomic E-state index is -1.09. The summed E-state index contributed by atoms with van der Waals surface area (Å²) in [5.41, 5.74) is 4.81. The first-order valence-corrected chi connectivity index (χ1v) is 7.32. The van der Waals surface area contributed by atoms with Crippen molar-refractivity contribution in [3.8, 4) is 0 Å². The number of rotatable bonds is 5. The molecular weight excluding hydrogens is 272 g/mol. The van der Waals surface area contributed by atoms with E-state index in [4.69, 9.17) is 15.6 Å². The Kier molecular flexibility index (Phi) is 4.13. The van der Waals surface area contributed by atoms with Gasteiger partial charge < -0.3 is 20.9 Å². The molecule has 1 heterocycles. The van der Waals surface area contributed by atoms with Gasteiger partial charge in [-0.1, -0.05) is 19.9 Å². The molecule has 0 aromatic rings. The number of fused-ring (bicyclic) bond motifs is 1. The molecule has 0 aromatic carbocycles. The number of carboxylic acid groups (broad SMARTS) is 1. The Morgan fingerprint density at radius 3 is 2.81 bits per heavy atom. The minimum absolute atomic E-state index is 0.0373. The number of carbonyl (C=O) groups is 2. The number of hydrogen-bond donors (Lipinski definition) is 3. The molecule has 4 atom stereocenters. The average molecular weight is 296 g/mol. The molecule has 4 unspecified atom stereocenters. The fraction of sp³-hybridized carbons (Fsp3) is 0.733. The van der Waals surface area contributed by atoms with Crippen LogP contribution in [-0.4, -0.2) is 41.3 Å². The summed E-state index contributed by atoms with van der Waals surface area (Å²) in [6, 6.07) is -0.991. The first-order valence-electron chi connectivity index (χ1n) is 7.32. The number of nitrogens with one attached hydrogen (secondary N) is 1. The molecule has 2 rings (SSSR count). The van der Waals surface area contributed by atoms with E-state index < -0.39 is 28.9 Å². The predicted octanol–water partition coefficient (Wildman–Crippen LogP) is 0.664. The summed E-state index contributed by atoms with van der Waals surface area (Å²) in [6.07, 6.45) is 3.31. The van der Waals surface area contributed by atoms with E-state index in [2.05, 4.69) is 11.9 Å². The monoisotopic (exact) mass is 296 g/mol. The van der Waals surface area contributed by atoms with Crippen LogP contribution in [0, 0.1) is 11.3 Å². The number of amides is 1. The zero-order valence-electron chi connectivity index (χ0n) is 12.6. The topological polar surface area (TPSA) is 102 Å². The second-order valence-corrected chi connectivity index (χ2v) is 6.52. The molecule has 0 radical (unpaired) electrons. The zero-order chi connectivity index (χ0) is 15.8. The third-order valence-corrected chi connectivity index (χ3v) is 5.07. The van der Waals surface area contributed by atoms with Gasteiger partial charge in [0.05, 0.1) is 6.10 Å². The third kappa shape index (κ3) is 2.26. The summed E-state index contributed by atoms with van der Waals surface area (Å²) in [4.78, 5) is 23.8. The van der Waals surface area contributed by atoms with Gasteiger partial charge in [-0.25, -0.2) is 4.79 Å². The number of carbonyl (C=O) groups excluding carboxylic acids is 1. The molecule has 21 heavy (non-hydrogen) atoms. The fourth-order valence-corrected chi connectivity index (χ4v) is 3.70. The molecule has 6 heteroatoms. The van der Waals surface area contributed by atoms with Crippen LogP contribution in [0.4, 0.5) is 0 Å². The summed E-state index contributed by atoms with van der Waals surface area (Å²) >= 11 is 0. The normalized spacial score (nSPS) is 35.0. The van der Waals surface area contributed by atoms with Crippen LogP contribution in [-0.2, 0) is 14.3 Å². The van der Waals surface area contributed by atoms with E-state index in [1.807, 2.05) is 13.8 Å². The van der Waals surface area contributed by atoms with Gasteiger partial charge in [0.15, 0.2) is 0 Å². The first-order chi connectivity index (χ1) is 9.76. The lowest BCUT2D eigenvalue weighted by Gasteiger charge is -2.65. The molecule has 1 amide bonds. The summed E-state index contributed by atoms with van der Waals surface area (Å²) in [7, 11) is 0. The van der Waals surface area contributed by atoms with Gasteiger partial charge in [0.2, 0.25) is 5.91 Å². The highest BCUT2D eigenvalue weighted by Gasteiger charge is 2.70. The molecule has 1 aliphatic carbocycles. The van der Waals surface area contributed by atoms with Crippen molar-refractivity contribution < 1.29 is 19.4 Å². The third-order valence-electron chi connectivity index (χ3n) is 5.07. The second-order valence-electron chi connectivity index (χ2n) is 6.52. The quantitative estimate of drug-likeness (QED) is 0.647. The highest BCUT2D eigenvalue weighted by atomic mass is 16.5. The van der Waals surface area contributed by atoms with Gasteiger partial charge >= 0.3 is 5.97 Å². The Hall–Kier alpha value is -1.40. The van der Waals surface area contributed by atoms with Crippen molar-refractivity contribution in [3.63, 3.8) is 0 Å². The molecule has 4 N–H and O–H groups in total. The van der Waals surface area contributed by atoms with E-state index in [1.54, 1.807) is 0 Å². The Labute approximate surface area is 124 Å². The van der Waals surface area contributed by atoms with Crippen molar-refractivity contribution in [1.29, 1.82) is 0 Å². The van der Waals surface area contributed by atoms with Crippen LogP contribution < -0.4 is 11.1 Å². The lowest BCUT2D eigenvalue weighted by Crippen LogP contribution is -2.82. The van der Waals surface area contributed by atoms with Crippen LogP contribution in [0.3, 0.4) is 0 Å². The average Bonchev–Trinajstić information content (AvgIpc) is 2.45. The summed E-state index contributed by atoms with van der Waals surface area (Å²) in [6.45, 7) is 8.02. The predicted molar refractivity (Wildman–Crippen MR) is 77.5 cm³/mol. The Morgan fingerprint density at radius 2 is 2.24 bits per heavy atom. The maximum atomic E-state index is 12.6. The van der Waals surface area contributed by atoms with Gasteiger partial charge in [-0.15, -0.1) is 6.58 Å². The number of nitrogens with two attached hydrogens (primary N) is 1. The molecule has 0 aromatic heterocycles. The Morgan fingerprint density at radius 1 is 1.57 bits per heavy atom. The number of carboxylic acids is 1. The summed E-state index contributed by atoms with van der Waals surface area (Å²) < 4.78 is 5.75. The maximum absolute atomic E-state index is 12.6. The van der Waals surface area contributed by atoms with Gasteiger partial charge in [-0.05, 0) is 19.3 Å². The van der Waals surface area contributed by atoms with Crippen molar-refractivity contribution in [2.45, 2.75) is 50.8 Å². The number of aliphatic carboxylic acids is 1. The van der Waals surface area contributed by atoms with Gasteiger partial charge in [-0.2, -0.15) is 0 Å². The van der Waals surface area contributed by atoms with Crippen molar-refractivity contribution in [2.24, 2.45) is 17.1 Å². The van der Waals surface area contributed by atoms with Crippen LogP contribution in [0.2, 0.25) is 0 Å². The number of hydrogen-bond acceptors (Lipinski definition) is 4. The molecule has 6 nitrogen and oxygen atoms in total. The molecule has 1 saturated carbocycles. The summed E-state index contributed by atoms with van der Waals surface area (Å²) in [5.74, 6) is -1.55. The lowest BCUT2D eigenvalue weighted by molar-refractivity contribution is -0.225. The van der Waals surface area contributed by atoms with Crippen LogP contribution in [0.5, 0.6) is 0 Å². The summed E-state index contributed by atoms with van der Waals surface area (Å²) in [5, 5.41) is 11.7. The maximum Gasteiger partial charge on any atom is 0.326 e. The standard InChI is InChI=1S/C15H24N2O4/c1-4-6-10(12(18)19)17-13(20)15(16)9-7-5-8-21-11(9)14(15,2)3/h4,9-11H,1,5-8,16H2,2-3H3,(H,17,20)(H,18,19). The first kappa shape index (κ1) is 16.0. The van der Waals surface area contributed by atoms with Crippen molar-refractivity contribution in [3.05, 3.63) is 12.7 Å². The second kappa shape index (κ2) is 5.42. The highest BCUT2D eigenvalue weighted by Crippen LogP contribution is 2.57. The van der Waals surface area contributed by atoms with Gasteiger partial charge in [-0.3, -0.25) is 4.79 Å². The van der Waals surface area contributed by atoms with E-state index in [-0.39, 0.29) is 18.4 Å². The van der Waals surface area contributed by atoms with Crippen molar-refractivity contribution >= 4 is 11.9 Å². The van der Waals surface area contributed by atoms with Gasteiger partial charge in [0.25, 0.3) is 0 Å². The van der Waals surface area contributed by atoms with E-state index in [1.165, 1.54) is 6.08 Å². The molecule has 2 fully saturated rings. The van der Waals surface area contributed by atoms with Crippen LogP contribution in [0.25, 0.3) is 0 Å². The van der Waals surface area contributed by atoms with Crippen LogP contribution in [0.15, 0.2) is 12.7 Å². The van der Waals surface area contributed by atoms with E-state index in [0.717, 1.165) is 12.8 Å². The lowest BCUT2D eigenvalue weighted by atomic mass is 9.46. The van der Waals surface area contributed by atoms with E-state index >= 15 is 0 Å². The molecule has 118 valence electrons. The van der Waals surface area contributed by atoms with E-state index in [0.29, 0.717) is 6.61 Å². The zero-order valence-corrected chi connectivity index (χ0v) is 12.6. The van der Waals surface area contributed by atoms with Crippen LogP contribution in [0.1, 0.15) is 33.1 Å². The largest absolute Gasteiger partial charge is 0.480 e. The minimum Gasteiger partial charge on any atom is -0.480 e. The van der Waals surface area contributed by atoms with Gasteiger partial charge in [0, 0.05) is 17.9 Å². The Bertz CT molecular complexity index is 463. The van der Waals surface area contributed by atoms with Crippen molar-refractivity contribution in [2.75, 3.05) is 6.61 Å².